The second kappa shape index (κ2) is 7.29. The number of nitrogens with zero attached hydrogens (tertiary/aromatic N) is 1. The summed E-state index contributed by atoms with van der Waals surface area (Å²) in [5.41, 5.74) is 1.30. The minimum Gasteiger partial charge on any atom is -0.450 e. The van der Waals surface area contributed by atoms with E-state index in [-0.39, 0.29) is 18.2 Å². The van der Waals surface area contributed by atoms with Gasteiger partial charge in [-0.25, -0.2) is 4.79 Å². The molecule has 0 aliphatic carbocycles. The third-order valence-corrected chi connectivity index (χ3v) is 3.61. The summed E-state index contributed by atoms with van der Waals surface area (Å²) < 4.78 is 10.9. The van der Waals surface area contributed by atoms with E-state index in [1.807, 2.05) is 32.0 Å². The first kappa shape index (κ1) is 14.9. The fourth-order valence-corrected chi connectivity index (χ4v) is 2.43. The van der Waals surface area contributed by atoms with Crippen LogP contribution in [0, 0.1) is 0 Å². The van der Waals surface area contributed by atoms with E-state index in [0.29, 0.717) is 19.8 Å². The average molecular weight is 277 g/mol. The third kappa shape index (κ3) is 3.97. The quantitative estimate of drug-likeness (QED) is 0.849. The van der Waals surface area contributed by atoms with Gasteiger partial charge in [-0.3, -0.25) is 0 Å². The van der Waals surface area contributed by atoms with Gasteiger partial charge in [0.1, 0.15) is 0 Å². The Labute approximate surface area is 120 Å². The molecule has 0 aromatic heterocycles. The molecule has 4 heteroatoms. The smallest absolute Gasteiger partial charge is 0.410 e. The minimum atomic E-state index is -0.229. The molecule has 2 rings (SSSR count). The first-order valence-corrected chi connectivity index (χ1v) is 7.29. The third-order valence-electron chi connectivity index (χ3n) is 3.61. The molecule has 1 aromatic rings. The highest BCUT2D eigenvalue weighted by Gasteiger charge is 2.30. The Hall–Kier alpha value is -1.55. The van der Waals surface area contributed by atoms with E-state index in [9.17, 15) is 4.79 Å². The topological polar surface area (TPSA) is 38.8 Å². The summed E-state index contributed by atoms with van der Waals surface area (Å²) in [6.07, 6.45) is 1.76. The van der Waals surface area contributed by atoms with Gasteiger partial charge in [0, 0.05) is 0 Å². The highest BCUT2D eigenvalue weighted by Crippen LogP contribution is 2.17. The van der Waals surface area contributed by atoms with Crippen LogP contribution in [0.15, 0.2) is 30.3 Å². The molecule has 1 fully saturated rings. The number of morpholine rings is 1. The van der Waals surface area contributed by atoms with Crippen molar-refractivity contribution in [2.75, 3.05) is 19.8 Å². The Morgan fingerprint density at radius 2 is 2.15 bits per heavy atom. The van der Waals surface area contributed by atoms with Crippen molar-refractivity contribution in [1.82, 2.24) is 4.90 Å². The molecule has 1 aromatic carbocycles. The molecular weight excluding hydrogens is 254 g/mol. The zero-order valence-corrected chi connectivity index (χ0v) is 12.2. The molecule has 0 saturated carbocycles. The number of aryl methyl sites for hydroxylation is 1. The van der Waals surface area contributed by atoms with Gasteiger partial charge < -0.3 is 14.4 Å². The average Bonchev–Trinajstić information content (AvgIpc) is 2.47. The number of rotatable bonds is 4. The summed E-state index contributed by atoms with van der Waals surface area (Å²) in [6, 6.07) is 10.4. The van der Waals surface area contributed by atoms with Crippen molar-refractivity contribution >= 4 is 6.09 Å². The zero-order chi connectivity index (χ0) is 14.4. The van der Waals surface area contributed by atoms with Crippen LogP contribution < -0.4 is 0 Å². The van der Waals surface area contributed by atoms with Crippen LogP contribution in [0.25, 0.3) is 0 Å². The van der Waals surface area contributed by atoms with E-state index in [1.165, 1.54) is 5.56 Å². The summed E-state index contributed by atoms with van der Waals surface area (Å²) in [4.78, 5) is 13.7. The minimum absolute atomic E-state index is 0.0852. The summed E-state index contributed by atoms with van der Waals surface area (Å²) in [5.74, 6) is 0. The van der Waals surface area contributed by atoms with Crippen LogP contribution in [0.5, 0.6) is 0 Å². The number of hydrogen-bond acceptors (Lipinski definition) is 3. The summed E-state index contributed by atoms with van der Waals surface area (Å²) in [5, 5.41) is 0. The lowest BCUT2D eigenvalue weighted by atomic mass is 10.1. The fourth-order valence-electron chi connectivity index (χ4n) is 2.43. The molecule has 4 nitrogen and oxygen atoms in total. The van der Waals surface area contributed by atoms with Gasteiger partial charge in [0.25, 0.3) is 0 Å². The number of amides is 1. The van der Waals surface area contributed by atoms with Gasteiger partial charge in [-0.2, -0.15) is 0 Å². The lowest BCUT2D eigenvalue weighted by Gasteiger charge is -2.37. The van der Waals surface area contributed by atoms with Crippen LogP contribution in [0.4, 0.5) is 4.79 Å². The molecule has 110 valence electrons. The lowest BCUT2D eigenvalue weighted by molar-refractivity contribution is -0.0556. The van der Waals surface area contributed by atoms with Crippen molar-refractivity contribution in [2.45, 2.75) is 38.8 Å². The Kier molecular flexibility index (Phi) is 5.41. The highest BCUT2D eigenvalue weighted by atomic mass is 16.6. The molecule has 1 heterocycles. The van der Waals surface area contributed by atoms with Gasteiger partial charge in [0.05, 0.1) is 31.9 Å². The first-order chi connectivity index (χ1) is 9.70. The molecule has 2 atom stereocenters. The van der Waals surface area contributed by atoms with Crippen molar-refractivity contribution < 1.29 is 14.3 Å². The van der Waals surface area contributed by atoms with Crippen molar-refractivity contribution in [3.05, 3.63) is 35.9 Å². The molecule has 1 amide bonds. The number of ether oxygens (including phenoxy) is 2. The van der Waals surface area contributed by atoms with Crippen LogP contribution in [-0.2, 0) is 15.9 Å². The Bertz CT molecular complexity index is 421. The maximum atomic E-state index is 11.9. The van der Waals surface area contributed by atoms with Crippen LogP contribution in [0.3, 0.4) is 0 Å². The standard InChI is InChI=1S/C16H23NO3/c1-3-19-16(18)17-11-15(20-12-13(17)2)10-9-14-7-5-4-6-8-14/h4-8,13,15H,3,9-12H2,1-2H3. The largest absolute Gasteiger partial charge is 0.450 e. The summed E-state index contributed by atoms with van der Waals surface area (Å²) >= 11 is 0. The Morgan fingerprint density at radius 1 is 1.40 bits per heavy atom. The molecule has 20 heavy (non-hydrogen) atoms. The van der Waals surface area contributed by atoms with Crippen molar-refractivity contribution in [1.29, 1.82) is 0 Å². The van der Waals surface area contributed by atoms with Crippen molar-refractivity contribution in [3.8, 4) is 0 Å². The van der Waals surface area contributed by atoms with Gasteiger partial charge in [-0.1, -0.05) is 30.3 Å². The predicted molar refractivity (Wildman–Crippen MR) is 77.7 cm³/mol. The molecule has 1 aliphatic rings. The molecule has 0 bridgehead atoms. The SMILES string of the molecule is CCOC(=O)N1CC(CCc2ccccc2)OCC1C. The van der Waals surface area contributed by atoms with Crippen LogP contribution in [-0.4, -0.2) is 42.9 Å². The first-order valence-electron chi connectivity index (χ1n) is 7.29. The molecule has 0 N–H and O–H groups in total. The van der Waals surface area contributed by atoms with E-state index in [4.69, 9.17) is 9.47 Å². The van der Waals surface area contributed by atoms with Gasteiger partial charge >= 0.3 is 6.09 Å². The number of carbonyl (C=O) groups excluding carboxylic acids is 1. The second-order valence-corrected chi connectivity index (χ2v) is 5.18. The molecule has 0 spiro atoms. The van der Waals surface area contributed by atoms with E-state index >= 15 is 0 Å². The van der Waals surface area contributed by atoms with Crippen molar-refractivity contribution in [2.24, 2.45) is 0 Å². The van der Waals surface area contributed by atoms with Crippen LogP contribution >= 0.6 is 0 Å². The Balaban J connectivity index is 1.85. The number of benzene rings is 1. The zero-order valence-electron chi connectivity index (χ0n) is 12.2. The van der Waals surface area contributed by atoms with E-state index < -0.39 is 0 Å². The van der Waals surface area contributed by atoms with Crippen molar-refractivity contribution in [3.63, 3.8) is 0 Å². The summed E-state index contributed by atoms with van der Waals surface area (Å²) in [6.45, 7) is 5.43. The number of carbonyl (C=O) groups is 1. The monoisotopic (exact) mass is 277 g/mol. The van der Waals surface area contributed by atoms with Crippen LogP contribution in [0.1, 0.15) is 25.8 Å². The highest BCUT2D eigenvalue weighted by molar-refractivity contribution is 5.68. The number of hydrogen-bond donors (Lipinski definition) is 0. The lowest BCUT2D eigenvalue weighted by Crippen LogP contribution is -2.51. The van der Waals surface area contributed by atoms with Gasteiger partial charge in [-0.15, -0.1) is 0 Å². The van der Waals surface area contributed by atoms with E-state index in [2.05, 4.69) is 12.1 Å². The van der Waals surface area contributed by atoms with Gasteiger partial charge in [0.2, 0.25) is 0 Å². The molecule has 1 aliphatic heterocycles. The van der Waals surface area contributed by atoms with Crippen LogP contribution in [0.2, 0.25) is 0 Å². The molecule has 2 unspecified atom stereocenters. The fraction of sp³-hybridized carbons (Fsp3) is 0.562. The molecular formula is C16H23NO3. The Morgan fingerprint density at radius 3 is 2.85 bits per heavy atom. The second-order valence-electron chi connectivity index (χ2n) is 5.18. The van der Waals surface area contributed by atoms with E-state index in [0.717, 1.165) is 12.8 Å². The van der Waals surface area contributed by atoms with Gasteiger partial charge in [0.15, 0.2) is 0 Å². The maximum Gasteiger partial charge on any atom is 0.410 e. The van der Waals surface area contributed by atoms with Gasteiger partial charge in [-0.05, 0) is 32.3 Å². The predicted octanol–water partition coefficient (Wildman–Crippen LogP) is 2.87. The van der Waals surface area contributed by atoms with E-state index in [1.54, 1.807) is 4.90 Å². The maximum absolute atomic E-state index is 11.9. The molecule has 0 radical (unpaired) electrons. The summed E-state index contributed by atoms with van der Waals surface area (Å²) in [7, 11) is 0. The normalized spacial score (nSPS) is 22.6. The molecule has 1 saturated heterocycles.